The van der Waals surface area contributed by atoms with Gasteiger partial charge in [-0.2, -0.15) is 0 Å². The average molecular weight is 277 g/mol. The summed E-state index contributed by atoms with van der Waals surface area (Å²) in [5.74, 6) is 0.173. The van der Waals surface area contributed by atoms with Gasteiger partial charge in [-0.15, -0.1) is 0 Å². The third-order valence-corrected chi connectivity index (χ3v) is 3.55. The van der Waals surface area contributed by atoms with E-state index in [4.69, 9.17) is 5.73 Å². The van der Waals surface area contributed by atoms with Crippen LogP contribution in [0.5, 0.6) is 0 Å². The lowest BCUT2D eigenvalue weighted by atomic mass is 10.1. The zero-order valence-electron chi connectivity index (χ0n) is 13.1. The molecule has 0 aliphatic carbocycles. The van der Waals surface area contributed by atoms with Crippen molar-refractivity contribution >= 4 is 11.6 Å². The van der Waals surface area contributed by atoms with Crippen molar-refractivity contribution in [3.05, 3.63) is 29.8 Å². The van der Waals surface area contributed by atoms with Crippen LogP contribution in [0.1, 0.15) is 33.3 Å². The van der Waals surface area contributed by atoms with Gasteiger partial charge in [0.2, 0.25) is 5.91 Å². The van der Waals surface area contributed by atoms with E-state index in [1.165, 1.54) is 0 Å². The zero-order chi connectivity index (χ0) is 15.1. The van der Waals surface area contributed by atoms with Crippen molar-refractivity contribution < 1.29 is 4.79 Å². The molecule has 0 spiro atoms. The van der Waals surface area contributed by atoms with Gasteiger partial charge in [-0.1, -0.05) is 12.1 Å². The van der Waals surface area contributed by atoms with Crippen LogP contribution in [0.2, 0.25) is 0 Å². The van der Waals surface area contributed by atoms with Crippen LogP contribution in [0.15, 0.2) is 24.3 Å². The first kappa shape index (κ1) is 16.5. The van der Waals surface area contributed by atoms with Gasteiger partial charge in [0.05, 0.1) is 6.54 Å². The molecule has 112 valence electrons. The summed E-state index contributed by atoms with van der Waals surface area (Å²) in [6.07, 6.45) is 0. The molecule has 0 heterocycles. The van der Waals surface area contributed by atoms with E-state index in [1.54, 1.807) is 0 Å². The molecule has 1 aromatic rings. The average Bonchev–Trinajstić information content (AvgIpc) is 2.46. The highest BCUT2D eigenvalue weighted by Gasteiger charge is 2.17. The van der Waals surface area contributed by atoms with E-state index >= 15 is 0 Å². The minimum Gasteiger partial charge on any atom is -0.360 e. The molecule has 0 atom stereocenters. The summed E-state index contributed by atoms with van der Waals surface area (Å²) in [6, 6.07) is 8.40. The molecular weight excluding hydrogens is 250 g/mol. The number of carbonyl (C=O) groups excluding carboxylic acids is 1. The second-order valence-corrected chi connectivity index (χ2v) is 5.16. The van der Waals surface area contributed by atoms with Crippen LogP contribution in [0.25, 0.3) is 0 Å². The van der Waals surface area contributed by atoms with Crippen LogP contribution in [-0.2, 0) is 11.3 Å². The van der Waals surface area contributed by atoms with E-state index in [-0.39, 0.29) is 11.9 Å². The van der Waals surface area contributed by atoms with Crippen LogP contribution in [0, 0.1) is 0 Å². The number of hydrogen-bond donors (Lipinski definition) is 1. The third kappa shape index (κ3) is 4.23. The summed E-state index contributed by atoms with van der Waals surface area (Å²) >= 11 is 0. The second-order valence-electron chi connectivity index (χ2n) is 5.16. The van der Waals surface area contributed by atoms with Crippen molar-refractivity contribution in [2.75, 3.05) is 24.5 Å². The van der Waals surface area contributed by atoms with Crippen molar-refractivity contribution in [2.45, 2.75) is 40.3 Å². The Morgan fingerprint density at radius 3 is 2.10 bits per heavy atom. The number of likely N-dealkylation sites (N-methyl/N-ethyl adjacent to an activating group) is 1. The molecule has 2 N–H and O–H groups in total. The van der Waals surface area contributed by atoms with E-state index in [0.29, 0.717) is 13.1 Å². The second kappa shape index (κ2) is 7.90. The van der Waals surface area contributed by atoms with Crippen molar-refractivity contribution in [1.29, 1.82) is 0 Å². The molecule has 0 aliphatic heterocycles. The van der Waals surface area contributed by atoms with E-state index in [1.807, 2.05) is 43.0 Å². The largest absolute Gasteiger partial charge is 0.360 e. The number of benzene rings is 1. The fraction of sp³-hybridized carbons (Fsp3) is 0.562. The van der Waals surface area contributed by atoms with Gasteiger partial charge >= 0.3 is 0 Å². The minimum absolute atomic E-state index is 0.173. The molecule has 1 rings (SSSR count). The molecule has 0 fully saturated rings. The Morgan fingerprint density at radius 2 is 1.70 bits per heavy atom. The maximum Gasteiger partial charge on any atom is 0.242 e. The van der Waals surface area contributed by atoms with Crippen molar-refractivity contribution in [3.63, 3.8) is 0 Å². The van der Waals surface area contributed by atoms with Gasteiger partial charge in [-0.05, 0) is 45.4 Å². The molecule has 4 nitrogen and oxygen atoms in total. The van der Waals surface area contributed by atoms with Crippen LogP contribution >= 0.6 is 0 Å². The van der Waals surface area contributed by atoms with Gasteiger partial charge in [0.1, 0.15) is 0 Å². The maximum atomic E-state index is 12.3. The fourth-order valence-corrected chi connectivity index (χ4v) is 2.22. The zero-order valence-corrected chi connectivity index (χ0v) is 13.1. The highest BCUT2D eigenvalue weighted by atomic mass is 16.2. The lowest BCUT2D eigenvalue weighted by molar-refractivity contribution is -0.129. The number of amides is 1. The van der Waals surface area contributed by atoms with Crippen LogP contribution in [0.3, 0.4) is 0 Å². The predicted molar refractivity (Wildman–Crippen MR) is 84.7 cm³/mol. The molecular formula is C16H27N3O. The summed E-state index contributed by atoms with van der Waals surface area (Å²) in [6.45, 7) is 10.7. The number of nitrogens with zero attached hydrogens (tertiary/aromatic N) is 2. The molecule has 0 unspecified atom stereocenters. The van der Waals surface area contributed by atoms with E-state index in [0.717, 1.165) is 24.3 Å². The Bertz CT molecular complexity index is 410. The van der Waals surface area contributed by atoms with Gasteiger partial charge in [0, 0.05) is 31.4 Å². The topological polar surface area (TPSA) is 49.6 Å². The molecule has 0 saturated carbocycles. The van der Waals surface area contributed by atoms with Crippen molar-refractivity contribution in [3.8, 4) is 0 Å². The highest BCUT2D eigenvalue weighted by Crippen LogP contribution is 2.18. The third-order valence-electron chi connectivity index (χ3n) is 3.55. The number of anilines is 1. The van der Waals surface area contributed by atoms with Gasteiger partial charge in [0.25, 0.3) is 0 Å². The molecule has 20 heavy (non-hydrogen) atoms. The standard InChI is InChI=1S/C16H27N3O/c1-5-18(6-2)16(20)12-19(13(3)4)15-9-7-14(11-17)8-10-15/h7-10,13H,5-6,11-12,17H2,1-4H3. The Balaban J connectivity index is 2.85. The molecule has 1 amide bonds. The monoisotopic (exact) mass is 277 g/mol. The smallest absolute Gasteiger partial charge is 0.242 e. The lowest BCUT2D eigenvalue weighted by Gasteiger charge is -2.31. The number of rotatable bonds is 7. The molecule has 0 saturated heterocycles. The quantitative estimate of drug-likeness (QED) is 0.831. The normalized spacial score (nSPS) is 10.7. The summed E-state index contributed by atoms with van der Waals surface area (Å²) in [7, 11) is 0. The molecule has 0 aliphatic rings. The van der Waals surface area contributed by atoms with Crippen LogP contribution in [-0.4, -0.2) is 36.5 Å². The summed E-state index contributed by atoms with van der Waals surface area (Å²) in [5.41, 5.74) is 7.79. The maximum absolute atomic E-state index is 12.3. The van der Waals surface area contributed by atoms with Crippen molar-refractivity contribution in [1.82, 2.24) is 4.90 Å². The van der Waals surface area contributed by atoms with Crippen LogP contribution in [0.4, 0.5) is 5.69 Å². The summed E-state index contributed by atoms with van der Waals surface area (Å²) in [5, 5.41) is 0. The van der Waals surface area contributed by atoms with Gasteiger partial charge in [-0.25, -0.2) is 0 Å². The molecule has 0 aromatic heterocycles. The molecule has 1 aromatic carbocycles. The predicted octanol–water partition coefficient (Wildman–Crippen LogP) is 2.23. The SMILES string of the molecule is CCN(CC)C(=O)CN(c1ccc(CN)cc1)C(C)C. The van der Waals surface area contributed by atoms with Gasteiger partial charge < -0.3 is 15.5 Å². The Kier molecular flexibility index (Phi) is 6.52. The Hall–Kier alpha value is -1.55. The first-order chi connectivity index (χ1) is 9.53. The van der Waals surface area contributed by atoms with E-state index < -0.39 is 0 Å². The minimum atomic E-state index is 0.173. The number of nitrogens with two attached hydrogens (primary N) is 1. The highest BCUT2D eigenvalue weighted by molar-refractivity contribution is 5.81. The van der Waals surface area contributed by atoms with Crippen molar-refractivity contribution in [2.24, 2.45) is 5.73 Å². The Labute approximate surface area is 122 Å². The lowest BCUT2D eigenvalue weighted by Crippen LogP contribution is -2.43. The van der Waals surface area contributed by atoms with Crippen LogP contribution < -0.4 is 10.6 Å². The summed E-state index contributed by atoms with van der Waals surface area (Å²) in [4.78, 5) is 16.3. The molecule has 0 bridgehead atoms. The Morgan fingerprint density at radius 1 is 1.15 bits per heavy atom. The van der Waals surface area contributed by atoms with E-state index in [9.17, 15) is 4.79 Å². The number of carbonyl (C=O) groups is 1. The summed E-state index contributed by atoms with van der Waals surface area (Å²) < 4.78 is 0. The number of hydrogen-bond acceptors (Lipinski definition) is 3. The van der Waals surface area contributed by atoms with E-state index in [2.05, 4.69) is 18.7 Å². The first-order valence-electron chi connectivity index (χ1n) is 7.36. The fourth-order valence-electron chi connectivity index (χ4n) is 2.22. The van der Waals surface area contributed by atoms with Gasteiger partial charge in [-0.3, -0.25) is 4.79 Å². The van der Waals surface area contributed by atoms with Gasteiger partial charge in [0.15, 0.2) is 0 Å². The molecule has 4 heteroatoms. The molecule has 0 radical (unpaired) electrons. The first-order valence-corrected chi connectivity index (χ1v) is 7.36.